The zero-order valence-electron chi connectivity index (χ0n) is 8.56. The molecule has 2 rings (SSSR count). The van der Waals surface area contributed by atoms with E-state index in [-0.39, 0.29) is 0 Å². The molecule has 0 spiro atoms. The summed E-state index contributed by atoms with van der Waals surface area (Å²) in [6.45, 7) is 0. The van der Waals surface area contributed by atoms with Gasteiger partial charge < -0.3 is 5.73 Å². The van der Waals surface area contributed by atoms with E-state index in [1.54, 1.807) is 5.01 Å². The predicted octanol–water partition coefficient (Wildman–Crippen LogP) is 1.89. The molecule has 78 valence electrons. The monoisotopic (exact) mass is 201 g/mol. The summed E-state index contributed by atoms with van der Waals surface area (Å²) in [5.74, 6) is 6.00. The lowest BCUT2D eigenvalue weighted by Gasteiger charge is -2.24. The minimum Gasteiger partial charge on any atom is -0.397 e. The highest BCUT2D eigenvalue weighted by Crippen LogP contribution is 2.21. The molecule has 1 aliphatic carbocycles. The van der Waals surface area contributed by atoms with Crippen LogP contribution in [0.3, 0.4) is 0 Å². The van der Waals surface area contributed by atoms with Crippen LogP contribution in [0.4, 0.5) is 5.69 Å². The van der Waals surface area contributed by atoms with Gasteiger partial charge in [0, 0.05) is 0 Å². The van der Waals surface area contributed by atoms with Gasteiger partial charge in [-0.3, -0.25) is 5.01 Å². The molecule has 1 aliphatic rings. The van der Waals surface area contributed by atoms with Gasteiger partial charge in [0.05, 0.1) is 17.1 Å². The highest BCUT2D eigenvalue weighted by Gasteiger charge is 2.11. The van der Waals surface area contributed by atoms with E-state index in [1.807, 2.05) is 36.4 Å². The average molecular weight is 201 g/mol. The molecule has 0 atom stereocenters. The molecule has 4 N–H and O–H groups in total. The van der Waals surface area contributed by atoms with Crippen molar-refractivity contribution in [1.82, 2.24) is 0 Å². The zero-order chi connectivity index (χ0) is 10.7. The van der Waals surface area contributed by atoms with Crippen molar-refractivity contribution in [2.45, 2.75) is 12.8 Å². The number of benzene rings is 1. The largest absolute Gasteiger partial charge is 0.397 e. The van der Waals surface area contributed by atoms with Crippen molar-refractivity contribution in [3.8, 4) is 0 Å². The number of hydrogen-bond acceptors (Lipinski definition) is 3. The second-order valence-electron chi connectivity index (χ2n) is 3.53. The molecule has 0 amide bonds. The number of hydrogen-bond donors (Lipinski definition) is 2. The van der Waals surface area contributed by atoms with Crippen molar-refractivity contribution in [3.05, 3.63) is 53.9 Å². The van der Waals surface area contributed by atoms with Crippen LogP contribution in [0.2, 0.25) is 0 Å². The van der Waals surface area contributed by atoms with E-state index in [9.17, 15) is 0 Å². The first-order valence-corrected chi connectivity index (χ1v) is 5.05. The number of anilines is 1. The van der Waals surface area contributed by atoms with E-state index >= 15 is 0 Å². The summed E-state index contributed by atoms with van der Waals surface area (Å²) in [4.78, 5) is 0. The van der Waals surface area contributed by atoms with E-state index < -0.39 is 0 Å². The van der Waals surface area contributed by atoms with E-state index in [2.05, 4.69) is 6.08 Å². The number of nitrogens with zero attached hydrogens (tertiary/aromatic N) is 1. The minimum atomic E-state index is 0.757. The van der Waals surface area contributed by atoms with E-state index in [0.717, 1.165) is 29.9 Å². The molecule has 1 aromatic rings. The van der Waals surface area contributed by atoms with Gasteiger partial charge in [0.1, 0.15) is 0 Å². The molecule has 0 aliphatic heterocycles. The maximum atomic E-state index is 6.00. The standard InChI is InChI=1S/C12H15N3/c13-11-8-4-5-9-12(11)15(14)10-6-2-1-3-7-10/h1-3,6-9H,4-5,13-14H2. The number of rotatable bonds is 2. The fourth-order valence-corrected chi connectivity index (χ4v) is 1.65. The Hall–Kier alpha value is -1.74. The van der Waals surface area contributed by atoms with Crippen LogP contribution in [-0.2, 0) is 0 Å². The molecule has 0 radical (unpaired) electrons. The molecule has 0 bridgehead atoms. The third-order valence-electron chi connectivity index (χ3n) is 2.46. The Morgan fingerprint density at radius 3 is 2.33 bits per heavy atom. The van der Waals surface area contributed by atoms with E-state index in [1.165, 1.54) is 0 Å². The Morgan fingerprint density at radius 1 is 1.00 bits per heavy atom. The number of allylic oxidation sites excluding steroid dienone is 2. The lowest BCUT2D eigenvalue weighted by atomic mass is 10.1. The Bertz CT molecular complexity index is 393. The fourth-order valence-electron chi connectivity index (χ4n) is 1.65. The van der Waals surface area contributed by atoms with Crippen molar-refractivity contribution in [1.29, 1.82) is 0 Å². The first-order chi connectivity index (χ1) is 7.29. The van der Waals surface area contributed by atoms with Crippen LogP contribution in [0, 0.1) is 0 Å². The molecule has 0 heterocycles. The van der Waals surface area contributed by atoms with Crippen molar-refractivity contribution < 1.29 is 0 Å². The maximum absolute atomic E-state index is 6.00. The normalized spacial score (nSPS) is 15.5. The summed E-state index contributed by atoms with van der Waals surface area (Å²) in [6.07, 6.45) is 6.08. The minimum absolute atomic E-state index is 0.757. The predicted molar refractivity (Wildman–Crippen MR) is 62.7 cm³/mol. The van der Waals surface area contributed by atoms with Gasteiger partial charge >= 0.3 is 0 Å². The summed E-state index contributed by atoms with van der Waals surface area (Å²) in [5, 5.41) is 1.63. The van der Waals surface area contributed by atoms with E-state index in [4.69, 9.17) is 11.6 Å². The Kier molecular flexibility index (Phi) is 2.74. The third-order valence-corrected chi connectivity index (χ3v) is 2.46. The number of nitrogens with two attached hydrogens (primary N) is 2. The van der Waals surface area contributed by atoms with Crippen LogP contribution in [0.1, 0.15) is 12.8 Å². The summed E-state index contributed by atoms with van der Waals surface area (Å²) in [5.41, 5.74) is 8.49. The Labute approximate surface area is 89.6 Å². The van der Waals surface area contributed by atoms with Crippen LogP contribution >= 0.6 is 0 Å². The molecule has 0 aromatic heterocycles. The second-order valence-corrected chi connectivity index (χ2v) is 3.53. The van der Waals surface area contributed by atoms with Gasteiger partial charge in [-0.25, -0.2) is 5.84 Å². The molecular weight excluding hydrogens is 186 g/mol. The van der Waals surface area contributed by atoms with Crippen LogP contribution in [-0.4, -0.2) is 0 Å². The summed E-state index contributed by atoms with van der Waals surface area (Å²) < 4.78 is 0. The molecule has 0 saturated heterocycles. The molecule has 0 unspecified atom stereocenters. The van der Waals surface area contributed by atoms with Gasteiger partial charge in [-0.15, -0.1) is 0 Å². The molecule has 0 fully saturated rings. The Morgan fingerprint density at radius 2 is 1.67 bits per heavy atom. The van der Waals surface area contributed by atoms with Gasteiger partial charge in [0.15, 0.2) is 0 Å². The van der Waals surface area contributed by atoms with Crippen molar-refractivity contribution >= 4 is 5.69 Å². The second kappa shape index (κ2) is 4.19. The lowest BCUT2D eigenvalue weighted by Crippen LogP contribution is -2.33. The summed E-state index contributed by atoms with van der Waals surface area (Å²) in [6, 6.07) is 9.80. The number of para-hydroxylation sites is 1. The highest BCUT2D eigenvalue weighted by atomic mass is 15.4. The molecule has 1 aromatic carbocycles. The first-order valence-electron chi connectivity index (χ1n) is 5.05. The average Bonchev–Trinajstić information content (AvgIpc) is 2.30. The van der Waals surface area contributed by atoms with Gasteiger partial charge in [-0.1, -0.05) is 30.4 Å². The molecule has 15 heavy (non-hydrogen) atoms. The molecule has 3 heteroatoms. The van der Waals surface area contributed by atoms with Crippen molar-refractivity contribution in [2.24, 2.45) is 11.6 Å². The van der Waals surface area contributed by atoms with Crippen LogP contribution in [0.15, 0.2) is 53.9 Å². The molecule has 3 nitrogen and oxygen atoms in total. The number of hydrazine groups is 1. The van der Waals surface area contributed by atoms with Gasteiger partial charge in [0.25, 0.3) is 0 Å². The topological polar surface area (TPSA) is 55.3 Å². The smallest absolute Gasteiger partial charge is 0.0761 e. The van der Waals surface area contributed by atoms with Crippen LogP contribution in [0.25, 0.3) is 0 Å². The summed E-state index contributed by atoms with van der Waals surface area (Å²) >= 11 is 0. The molecular formula is C12H15N3. The third kappa shape index (κ3) is 2.02. The quantitative estimate of drug-likeness (QED) is 0.567. The van der Waals surface area contributed by atoms with Crippen LogP contribution in [0.5, 0.6) is 0 Å². The summed E-state index contributed by atoms with van der Waals surface area (Å²) in [7, 11) is 0. The zero-order valence-corrected chi connectivity index (χ0v) is 8.56. The van der Waals surface area contributed by atoms with Gasteiger partial charge in [0.2, 0.25) is 0 Å². The lowest BCUT2D eigenvalue weighted by molar-refractivity contribution is 0.913. The van der Waals surface area contributed by atoms with Gasteiger partial charge in [-0.05, 0) is 25.0 Å². The van der Waals surface area contributed by atoms with E-state index in [0.29, 0.717) is 0 Å². The SMILES string of the molecule is NC1=CCCC=C1N(N)c1ccccc1. The van der Waals surface area contributed by atoms with Crippen LogP contribution < -0.4 is 16.6 Å². The Balaban J connectivity index is 2.25. The maximum Gasteiger partial charge on any atom is 0.0761 e. The van der Waals surface area contributed by atoms with Gasteiger partial charge in [-0.2, -0.15) is 0 Å². The first kappa shape index (κ1) is 9.80. The fraction of sp³-hybridized carbons (Fsp3) is 0.167. The molecule has 0 saturated carbocycles. The van der Waals surface area contributed by atoms with Crippen molar-refractivity contribution in [2.75, 3.05) is 5.01 Å². The highest BCUT2D eigenvalue weighted by molar-refractivity contribution is 5.55. The van der Waals surface area contributed by atoms with Crippen molar-refractivity contribution in [3.63, 3.8) is 0 Å².